The van der Waals surface area contributed by atoms with E-state index in [0.29, 0.717) is 17.7 Å². The number of nitrogens with zero attached hydrogens (tertiary/aromatic N) is 1. The first-order chi connectivity index (χ1) is 13.2. The van der Waals surface area contributed by atoms with E-state index < -0.39 is 0 Å². The maximum Gasteiger partial charge on any atom is 0.255 e. The summed E-state index contributed by atoms with van der Waals surface area (Å²) in [5, 5.41) is 2.90. The van der Waals surface area contributed by atoms with Crippen LogP contribution in [-0.4, -0.2) is 18.4 Å². The van der Waals surface area contributed by atoms with Gasteiger partial charge in [-0.05, 0) is 53.9 Å². The topological polar surface area (TPSA) is 49.4 Å². The number of rotatable bonds is 4. The van der Waals surface area contributed by atoms with Crippen LogP contribution in [-0.2, 0) is 4.79 Å². The van der Waals surface area contributed by atoms with Gasteiger partial charge in [0.25, 0.3) is 5.91 Å². The minimum absolute atomic E-state index is 0.153. The number of carbonyl (C=O) groups excluding carboxylic acids is 2. The first-order valence-corrected chi connectivity index (χ1v) is 9.08. The number of amides is 2. The Hall–Kier alpha value is -3.40. The number of hydrogen-bond donors (Lipinski definition) is 1. The minimum atomic E-state index is -0.153. The van der Waals surface area contributed by atoms with Gasteiger partial charge in [0.05, 0.1) is 0 Å². The normalized spacial score (nSPS) is 13.6. The molecule has 4 rings (SSSR count). The quantitative estimate of drug-likeness (QED) is 0.734. The van der Waals surface area contributed by atoms with Gasteiger partial charge in [-0.2, -0.15) is 0 Å². The van der Waals surface area contributed by atoms with Crippen molar-refractivity contribution in [2.75, 3.05) is 16.8 Å². The van der Waals surface area contributed by atoms with Gasteiger partial charge in [-0.15, -0.1) is 0 Å². The largest absolute Gasteiger partial charge is 0.322 e. The van der Waals surface area contributed by atoms with Crippen LogP contribution >= 0.6 is 0 Å². The van der Waals surface area contributed by atoms with E-state index in [1.807, 2.05) is 78.9 Å². The number of hydrogen-bond acceptors (Lipinski definition) is 2. The molecule has 0 aromatic heterocycles. The number of benzene rings is 3. The molecule has 1 saturated heterocycles. The molecule has 0 radical (unpaired) electrons. The SMILES string of the molecule is O=C(Nc1ccc(N2CCCC2=O)cc1)c1ccc(-c2ccccc2)cc1. The molecule has 3 aromatic rings. The van der Waals surface area contributed by atoms with Gasteiger partial charge >= 0.3 is 0 Å². The van der Waals surface area contributed by atoms with E-state index in [1.54, 1.807) is 4.90 Å². The fourth-order valence-electron chi connectivity index (χ4n) is 3.29. The summed E-state index contributed by atoms with van der Waals surface area (Å²) in [5.74, 6) is 0.00454. The summed E-state index contributed by atoms with van der Waals surface area (Å²) in [4.78, 5) is 26.1. The van der Waals surface area contributed by atoms with Crippen molar-refractivity contribution in [2.24, 2.45) is 0 Å². The lowest BCUT2D eigenvalue weighted by molar-refractivity contribution is -0.117. The van der Waals surface area contributed by atoms with E-state index in [0.717, 1.165) is 29.8 Å². The Morgan fingerprint density at radius 3 is 2.11 bits per heavy atom. The van der Waals surface area contributed by atoms with E-state index in [4.69, 9.17) is 0 Å². The first kappa shape index (κ1) is 17.0. The molecule has 2 amide bonds. The molecule has 0 unspecified atom stereocenters. The van der Waals surface area contributed by atoms with Crippen molar-refractivity contribution in [3.05, 3.63) is 84.4 Å². The zero-order valence-electron chi connectivity index (χ0n) is 14.9. The smallest absolute Gasteiger partial charge is 0.255 e. The molecule has 0 bridgehead atoms. The monoisotopic (exact) mass is 356 g/mol. The predicted octanol–water partition coefficient (Wildman–Crippen LogP) is 4.73. The second-order valence-corrected chi connectivity index (χ2v) is 6.59. The predicted molar refractivity (Wildman–Crippen MR) is 108 cm³/mol. The summed E-state index contributed by atoms with van der Waals surface area (Å²) in [6.07, 6.45) is 1.51. The van der Waals surface area contributed by atoms with Gasteiger partial charge in [0.2, 0.25) is 5.91 Å². The molecule has 1 aliphatic heterocycles. The molecule has 0 aliphatic carbocycles. The Kier molecular flexibility index (Phi) is 4.71. The van der Waals surface area contributed by atoms with E-state index >= 15 is 0 Å². The number of anilines is 2. The van der Waals surface area contributed by atoms with Crippen LogP contribution in [0.3, 0.4) is 0 Å². The average Bonchev–Trinajstić information content (AvgIpc) is 3.15. The van der Waals surface area contributed by atoms with Crippen LogP contribution in [0.2, 0.25) is 0 Å². The maximum absolute atomic E-state index is 12.5. The lowest BCUT2D eigenvalue weighted by atomic mass is 10.0. The molecule has 1 aliphatic rings. The third kappa shape index (κ3) is 3.75. The van der Waals surface area contributed by atoms with Gasteiger partial charge < -0.3 is 10.2 Å². The molecule has 0 atom stereocenters. The molecule has 3 aromatic carbocycles. The van der Waals surface area contributed by atoms with Crippen LogP contribution in [0.4, 0.5) is 11.4 Å². The van der Waals surface area contributed by atoms with Crippen molar-refractivity contribution in [1.29, 1.82) is 0 Å². The fourth-order valence-corrected chi connectivity index (χ4v) is 3.29. The van der Waals surface area contributed by atoms with E-state index in [2.05, 4.69) is 5.32 Å². The summed E-state index contributed by atoms with van der Waals surface area (Å²) in [6, 6.07) is 25.0. The highest BCUT2D eigenvalue weighted by Crippen LogP contribution is 2.24. The lowest BCUT2D eigenvalue weighted by Crippen LogP contribution is -2.23. The van der Waals surface area contributed by atoms with E-state index in [-0.39, 0.29) is 11.8 Å². The number of carbonyl (C=O) groups is 2. The highest BCUT2D eigenvalue weighted by molar-refractivity contribution is 6.04. The Morgan fingerprint density at radius 2 is 1.48 bits per heavy atom. The molecular weight excluding hydrogens is 336 g/mol. The van der Waals surface area contributed by atoms with Crippen molar-refractivity contribution in [2.45, 2.75) is 12.8 Å². The first-order valence-electron chi connectivity index (χ1n) is 9.08. The van der Waals surface area contributed by atoms with Crippen LogP contribution in [0.5, 0.6) is 0 Å². The van der Waals surface area contributed by atoms with Gasteiger partial charge in [-0.1, -0.05) is 42.5 Å². The van der Waals surface area contributed by atoms with Crippen LogP contribution in [0.15, 0.2) is 78.9 Å². The summed E-state index contributed by atoms with van der Waals surface area (Å²) in [7, 11) is 0. The van der Waals surface area contributed by atoms with Crippen LogP contribution in [0.1, 0.15) is 23.2 Å². The Labute approximate surface area is 158 Å². The van der Waals surface area contributed by atoms with Crippen molar-refractivity contribution in [1.82, 2.24) is 0 Å². The molecule has 1 fully saturated rings. The van der Waals surface area contributed by atoms with Gasteiger partial charge in [-0.3, -0.25) is 9.59 Å². The maximum atomic E-state index is 12.5. The summed E-state index contributed by atoms with van der Waals surface area (Å²) >= 11 is 0. The summed E-state index contributed by atoms with van der Waals surface area (Å²) in [6.45, 7) is 0.762. The van der Waals surface area contributed by atoms with Crippen LogP contribution in [0, 0.1) is 0 Å². The van der Waals surface area contributed by atoms with E-state index in [1.165, 1.54) is 0 Å². The summed E-state index contributed by atoms with van der Waals surface area (Å²) in [5.41, 5.74) is 4.39. The highest BCUT2D eigenvalue weighted by atomic mass is 16.2. The number of nitrogens with one attached hydrogen (secondary N) is 1. The second-order valence-electron chi connectivity index (χ2n) is 6.59. The van der Waals surface area contributed by atoms with Crippen molar-refractivity contribution in [3.63, 3.8) is 0 Å². The molecule has 4 nitrogen and oxygen atoms in total. The molecule has 134 valence electrons. The zero-order chi connectivity index (χ0) is 18.6. The zero-order valence-corrected chi connectivity index (χ0v) is 14.9. The molecule has 1 heterocycles. The molecule has 0 spiro atoms. The Balaban J connectivity index is 1.43. The molecule has 0 saturated carbocycles. The lowest BCUT2D eigenvalue weighted by Gasteiger charge is -2.16. The van der Waals surface area contributed by atoms with Crippen molar-refractivity contribution < 1.29 is 9.59 Å². The highest BCUT2D eigenvalue weighted by Gasteiger charge is 2.21. The molecule has 1 N–H and O–H groups in total. The van der Waals surface area contributed by atoms with Crippen LogP contribution < -0.4 is 10.2 Å². The van der Waals surface area contributed by atoms with Crippen LogP contribution in [0.25, 0.3) is 11.1 Å². The van der Waals surface area contributed by atoms with Gasteiger partial charge in [0, 0.05) is 29.9 Å². The molecule has 27 heavy (non-hydrogen) atoms. The second kappa shape index (κ2) is 7.46. The summed E-state index contributed by atoms with van der Waals surface area (Å²) < 4.78 is 0. The Morgan fingerprint density at radius 1 is 0.815 bits per heavy atom. The molecular formula is C23H20N2O2. The van der Waals surface area contributed by atoms with Gasteiger partial charge in [-0.25, -0.2) is 0 Å². The fraction of sp³-hybridized carbons (Fsp3) is 0.130. The third-order valence-corrected chi connectivity index (χ3v) is 4.76. The average molecular weight is 356 g/mol. The standard InChI is InChI=1S/C23H20N2O2/c26-22-7-4-16-25(22)21-14-12-20(13-15-21)24-23(27)19-10-8-18(9-11-19)17-5-2-1-3-6-17/h1-3,5-6,8-15H,4,7,16H2,(H,24,27). The van der Waals surface area contributed by atoms with Crippen molar-refractivity contribution in [3.8, 4) is 11.1 Å². The van der Waals surface area contributed by atoms with E-state index in [9.17, 15) is 9.59 Å². The van der Waals surface area contributed by atoms with Crippen molar-refractivity contribution >= 4 is 23.2 Å². The van der Waals surface area contributed by atoms with Gasteiger partial charge in [0.1, 0.15) is 0 Å². The Bertz CT molecular complexity index is 948. The third-order valence-electron chi connectivity index (χ3n) is 4.76. The van der Waals surface area contributed by atoms with Gasteiger partial charge in [0.15, 0.2) is 0 Å². The molecule has 4 heteroatoms. The minimum Gasteiger partial charge on any atom is -0.322 e.